The van der Waals surface area contributed by atoms with E-state index in [4.69, 9.17) is 4.42 Å². The van der Waals surface area contributed by atoms with Crippen molar-refractivity contribution in [1.82, 2.24) is 0 Å². The van der Waals surface area contributed by atoms with Crippen LogP contribution in [0.2, 0.25) is 0 Å². The molecule has 1 aliphatic carbocycles. The molecular formula is C59H65BN2O. The average molecular weight is 829 g/mol. The SMILES string of the molecule is Cc1ccc2oc3c(c2c1)B1c2cc4c(cc2N(c2ccc(C(C)(C)C)cc2)c2cc(C(C)(C)C)cc(c21)N3c1ccc(C(C)(C)C)cc1-c1ccccc1)C(C)(C)CCC4(C)C. The van der Waals surface area contributed by atoms with E-state index in [0.29, 0.717) is 0 Å². The van der Waals surface area contributed by atoms with Crippen LogP contribution in [0.4, 0.5) is 34.3 Å². The second-order valence-electron chi connectivity index (χ2n) is 23.5. The minimum atomic E-state index is -0.139. The minimum absolute atomic E-state index is 0.0311. The van der Waals surface area contributed by atoms with Gasteiger partial charge >= 0.3 is 0 Å². The molecule has 0 saturated heterocycles. The fourth-order valence-electron chi connectivity index (χ4n) is 10.8. The zero-order valence-electron chi connectivity index (χ0n) is 40.3. The van der Waals surface area contributed by atoms with Crippen molar-refractivity contribution in [1.29, 1.82) is 0 Å². The van der Waals surface area contributed by atoms with Crippen LogP contribution in [0.3, 0.4) is 0 Å². The highest BCUT2D eigenvalue weighted by Gasteiger charge is 2.49. The van der Waals surface area contributed by atoms with Gasteiger partial charge in [0.1, 0.15) is 5.58 Å². The Kier molecular flexibility index (Phi) is 9.07. The summed E-state index contributed by atoms with van der Waals surface area (Å²) in [6.07, 6.45) is 2.32. The topological polar surface area (TPSA) is 19.6 Å². The largest absolute Gasteiger partial charge is 0.440 e. The smallest absolute Gasteiger partial charge is 0.257 e. The quantitative estimate of drug-likeness (QED) is 0.165. The monoisotopic (exact) mass is 829 g/mol. The molecule has 3 heterocycles. The fourth-order valence-corrected chi connectivity index (χ4v) is 10.8. The first-order valence-corrected chi connectivity index (χ1v) is 23.3. The van der Waals surface area contributed by atoms with Gasteiger partial charge in [-0.3, -0.25) is 4.90 Å². The van der Waals surface area contributed by atoms with Gasteiger partial charge in [0.05, 0.1) is 5.69 Å². The van der Waals surface area contributed by atoms with Crippen LogP contribution in [-0.4, -0.2) is 6.71 Å². The average Bonchev–Trinajstić information content (AvgIpc) is 3.59. The van der Waals surface area contributed by atoms with Gasteiger partial charge in [0.15, 0.2) is 0 Å². The maximum absolute atomic E-state index is 7.35. The maximum Gasteiger partial charge on any atom is 0.257 e. The third-order valence-electron chi connectivity index (χ3n) is 14.9. The molecule has 0 amide bonds. The van der Waals surface area contributed by atoms with E-state index in [1.165, 1.54) is 89.0 Å². The van der Waals surface area contributed by atoms with Gasteiger partial charge < -0.3 is 9.32 Å². The first kappa shape index (κ1) is 41.5. The lowest BCUT2D eigenvalue weighted by molar-refractivity contribution is 0.332. The van der Waals surface area contributed by atoms with Gasteiger partial charge in [0.2, 0.25) is 5.88 Å². The summed E-state index contributed by atoms with van der Waals surface area (Å²) < 4.78 is 7.35. The van der Waals surface area contributed by atoms with Crippen molar-refractivity contribution in [2.24, 2.45) is 0 Å². The fraction of sp³-hybridized carbons (Fsp3) is 0.356. The first-order valence-electron chi connectivity index (χ1n) is 23.3. The molecule has 1 aromatic heterocycles. The van der Waals surface area contributed by atoms with E-state index >= 15 is 0 Å². The molecular weight excluding hydrogens is 763 g/mol. The molecule has 0 saturated carbocycles. The normalized spacial score (nSPS) is 16.4. The Labute approximate surface area is 377 Å². The van der Waals surface area contributed by atoms with Crippen molar-refractivity contribution in [2.45, 2.75) is 137 Å². The summed E-state index contributed by atoms with van der Waals surface area (Å²) in [6, 6.07) is 44.6. The number of anilines is 6. The molecule has 7 aromatic rings. The standard InChI is InChI=1S/C59H65BN2O/c1-36-20-27-51-43(30-36)52-54(63-51)62(47-26-23-39(56(5,6)7)31-42(47)37-18-16-15-17-19-37)50-33-40(57(8,9)10)32-49-53(50)60(52)46-34-44-45(59(13,14)29-28-58(44,11)12)35-48(46)61(49)41-24-21-38(22-25-41)55(2,3)4/h15-27,30-35H,28-29H2,1-14H3. The van der Waals surface area contributed by atoms with Crippen molar-refractivity contribution in [3.05, 3.63) is 149 Å². The van der Waals surface area contributed by atoms with Crippen LogP contribution >= 0.6 is 0 Å². The second kappa shape index (κ2) is 13.8. The molecule has 3 aliphatic rings. The third kappa shape index (κ3) is 6.60. The summed E-state index contributed by atoms with van der Waals surface area (Å²) in [6.45, 7) is 32.9. The van der Waals surface area contributed by atoms with E-state index in [9.17, 15) is 0 Å². The number of benzene rings is 6. The van der Waals surface area contributed by atoms with Crippen LogP contribution in [0.25, 0.3) is 22.1 Å². The van der Waals surface area contributed by atoms with Crippen molar-refractivity contribution in [2.75, 3.05) is 9.80 Å². The van der Waals surface area contributed by atoms with Crippen molar-refractivity contribution < 1.29 is 4.42 Å². The zero-order valence-corrected chi connectivity index (χ0v) is 40.3. The van der Waals surface area contributed by atoms with Gasteiger partial charge in [0.25, 0.3) is 6.71 Å². The molecule has 2 aliphatic heterocycles. The van der Waals surface area contributed by atoms with Crippen LogP contribution < -0.4 is 26.2 Å². The van der Waals surface area contributed by atoms with Crippen LogP contribution in [0.5, 0.6) is 0 Å². The third-order valence-corrected chi connectivity index (χ3v) is 14.9. The van der Waals surface area contributed by atoms with Gasteiger partial charge in [-0.15, -0.1) is 0 Å². The van der Waals surface area contributed by atoms with Crippen LogP contribution in [0, 0.1) is 6.92 Å². The van der Waals surface area contributed by atoms with Crippen molar-refractivity contribution in [3.8, 4) is 11.1 Å². The summed E-state index contributed by atoms with van der Waals surface area (Å²) in [5.41, 5.74) is 21.3. The molecule has 0 atom stereocenters. The first-order chi connectivity index (χ1) is 29.5. The highest BCUT2D eigenvalue weighted by Crippen LogP contribution is 2.53. The Bertz CT molecular complexity index is 2960. The Morgan fingerprint density at radius 2 is 1.11 bits per heavy atom. The number of rotatable bonds is 3. The highest BCUT2D eigenvalue weighted by molar-refractivity contribution is 7.01. The van der Waals surface area contributed by atoms with Gasteiger partial charge in [0, 0.05) is 39.2 Å². The number of fused-ring (bicyclic) bond motifs is 7. The number of hydrogen-bond donors (Lipinski definition) is 0. The summed E-state index contributed by atoms with van der Waals surface area (Å²) >= 11 is 0. The molecule has 63 heavy (non-hydrogen) atoms. The predicted molar refractivity (Wildman–Crippen MR) is 272 cm³/mol. The highest BCUT2D eigenvalue weighted by atomic mass is 16.4. The lowest BCUT2D eigenvalue weighted by Crippen LogP contribution is -2.61. The van der Waals surface area contributed by atoms with E-state index < -0.39 is 0 Å². The minimum Gasteiger partial charge on any atom is -0.440 e. The number of furan rings is 1. The molecule has 0 spiro atoms. The summed E-state index contributed by atoms with van der Waals surface area (Å²) in [5, 5.41) is 1.19. The molecule has 0 N–H and O–H groups in total. The molecule has 0 radical (unpaired) electrons. The Morgan fingerprint density at radius 3 is 1.73 bits per heavy atom. The van der Waals surface area contributed by atoms with Crippen molar-refractivity contribution in [3.63, 3.8) is 0 Å². The van der Waals surface area contributed by atoms with Crippen LogP contribution in [-0.2, 0) is 27.1 Å². The van der Waals surface area contributed by atoms with Gasteiger partial charge in [-0.2, -0.15) is 0 Å². The Morgan fingerprint density at radius 1 is 0.524 bits per heavy atom. The second-order valence-corrected chi connectivity index (χ2v) is 23.5. The van der Waals surface area contributed by atoms with E-state index in [-0.39, 0.29) is 33.8 Å². The van der Waals surface area contributed by atoms with Crippen LogP contribution in [0.1, 0.15) is 136 Å². The van der Waals surface area contributed by atoms with Crippen molar-refractivity contribution >= 4 is 68.4 Å². The Balaban J connectivity index is 1.38. The summed E-state index contributed by atoms with van der Waals surface area (Å²) in [5.74, 6) is 0.914. The number of aryl methyl sites for hydroxylation is 1. The van der Waals surface area contributed by atoms with E-state index in [2.05, 4.69) is 222 Å². The van der Waals surface area contributed by atoms with Gasteiger partial charge in [-0.05, 0) is 146 Å². The van der Waals surface area contributed by atoms with Crippen LogP contribution in [0.15, 0.2) is 120 Å². The van der Waals surface area contributed by atoms with E-state index in [1.807, 2.05) is 0 Å². The molecule has 0 unspecified atom stereocenters. The molecule has 10 rings (SSSR count). The molecule has 320 valence electrons. The maximum atomic E-state index is 7.35. The number of nitrogens with zero attached hydrogens (tertiary/aromatic N) is 2. The molecule has 0 bridgehead atoms. The predicted octanol–water partition coefficient (Wildman–Crippen LogP) is 14.7. The van der Waals surface area contributed by atoms with E-state index in [1.54, 1.807) is 0 Å². The molecule has 6 aromatic carbocycles. The lowest BCUT2D eigenvalue weighted by atomic mass is 9.33. The summed E-state index contributed by atoms with van der Waals surface area (Å²) in [4.78, 5) is 5.13. The van der Waals surface area contributed by atoms with E-state index in [0.717, 1.165) is 30.0 Å². The molecule has 4 heteroatoms. The Hall–Kier alpha value is -5.48. The zero-order chi connectivity index (χ0) is 44.8. The summed E-state index contributed by atoms with van der Waals surface area (Å²) in [7, 11) is 0. The number of hydrogen-bond acceptors (Lipinski definition) is 3. The molecule has 0 fully saturated rings. The lowest BCUT2D eigenvalue weighted by Gasteiger charge is -2.47. The van der Waals surface area contributed by atoms with Gasteiger partial charge in [-0.25, -0.2) is 0 Å². The molecule has 3 nitrogen and oxygen atoms in total. The van der Waals surface area contributed by atoms with Gasteiger partial charge in [-0.1, -0.05) is 156 Å².